The zero-order valence-corrected chi connectivity index (χ0v) is 18.3. The molecule has 0 atom stereocenters. The van der Waals surface area contributed by atoms with Gasteiger partial charge in [-0.15, -0.1) is 0 Å². The average molecular weight is 453 g/mol. The first-order chi connectivity index (χ1) is 14.9. The van der Waals surface area contributed by atoms with E-state index in [2.05, 4.69) is 9.97 Å². The molecule has 0 aliphatic carbocycles. The normalized spacial score (nSPS) is 10.9. The van der Waals surface area contributed by atoms with Crippen LogP contribution in [0.2, 0.25) is 5.02 Å². The Balaban J connectivity index is 1.84. The van der Waals surface area contributed by atoms with Crippen LogP contribution in [0.25, 0.3) is 10.2 Å². The number of hydrogen-bond donors (Lipinski definition) is 0. The number of anilines is 1. The van der Waals surface area contributed by atoms with Crippen LogP contribution in [0.1, 0.15) is 27.0 Å². The van der Waals surface area contributed by atoms with Crippen LogP contribution < -0.4 is 4.90 Å². The van der Waals surface area contributed by atoms with Crippen LogP contribution in [0.4, 0.5) is 10.8 Å². The molecule has 0 saturated heterocycles. The second-order valence-corrected chi connectivity index (χ2v) is 8.39. The Morgan fingerprint density at radius 2 is 1.97 bits per heavy atom. The van der Waals surface area contributed by atoms with Crippen molar-refractivity contribution in [2.24, 2.45) is 0 Å². The van der Waals surface area contributed by atoms with Crippen LogP contribution in [0.15, 0.2) is 54.9 Å². The number of aromatic nitrogens is 2. The van der Waals surface area contributed by atoms with E-state index in [1.165, 1.54) is 28.4 Å². The first-order valence-electron chi connectivity index (χ1n) is 9.37. The lowest BCUT2D eigenvalue weighted by Crippen LogP contribution is -2.31. The van der Waals surface area contributed by atoms with Crippen molar-refractivity contribution in [1.82, 2.24) is 9.97 Å². The second-order valence-electron chi connectivity index (χ2n) is 6.97. The van der Waals surface area contributed by atoms with E-state index in [9.17, 15) is 14.9 Å². The molecule has 2 aromatic carbocycles. The Kier molecular flexibility index (Phi) is 5.67. The minimum absolute atomic E-state index is 0.0981. The van der Waals surface area contributed by atoms with Crippen LogP contribution in [0.5, 0.6) is 0 Å². The number of pyridine rings is 1. The number of halogens is 1. The molecule has 156 valence electrons. The molecule has 0 N–H and O–H groups in total. The largest absolute Gasteiger partial charge is 0.279 e. The molecule has 4 aromatic rings. The van der Waals surface area contributed by atoms with E-state index in [4.69, 9.17) is 11.6 Å². The molecule has 31 heavy (non-hydrogen) atoms. The molecule has 1 amide bonds. The molecule has 0 fully saturated rings. The first-order valence-corrected chi connectivity index (χ1v) is 10.6. The number of carbonyl (C=O) groups excluding carboxylic acids is 1. The number of nitro benzene ring substituents is 1. The number of thiazole rings is 1. The van der Waals surface area contributed by atoms with Crippen molar-refractivity contribution in [1.29, 1.82) is 0 Å². The van der Waals surface area contributed by atoms with E-state index < -0.39 is 4.92 Å². The lowest BCUT2D eigenvalue weighted by Gasteiger charge is -2.21. The van der Waals surface area contributed by atoms with E-state index >= 15 is 0 Å². The van der Waals surface area contributed by atoms with Gasteiger partial charge in [0.2, 0.25) is 0 Å². The number of amides is 1. The third-order valence-electron chi connectivity index (χ3n) is 5.01. The number of aryl methyl sites for hydroxylation is 1. The van der Waals surface area contributed by atoms with E-state index in [0.29, 0.717) is 15.7 Å². The highest BCUT2D eigenvalue weighted by Gasteiger charge is 2.26. The lowest BCUT2D eigenvalue weighted by atomic mass is 10.1. The number of nitro groups is 1. The third kappa shape index (κ3) is 3.99. The summed E-state index contributed by atoms with van der Waals surface area (Å²) in [7, 11) is 0. The summed E-state index contributed by atoms with van der Waals surface area (Å²) in [6, 6.07) is 11.8. The second kappa shape index (κ2) is 8.41. The number of nitrogens with zero attached hydrogens (tertiary/aromatic N) is 4. The molecule has 0 spiro atoms. The van der Waals surface area contributed by atoms with Gasteiger partial charge in [-0.1, -0.05) is 35.1 Å². The van der Waals surface area contributed by atoms with Gasteiger partial charge < -0.3 is 0 Å². The summed E-state index contributed by atoms with van der Waals surface area (Å²) < 4.78 is 0.900. The van der Waals surface area contributed by atoms with E-state index in [0.717, 1.165) is 21.3 Å². The summed E-state index contributed by atoms with van der Waals surface area (Å²) in [5, 5.41) is 12.5. The van der Waals surface area contributed by atoms with E-state index in [-0.39, 0.29) is 23.7 Å². The van der Waals surface area contributed by atoms with Gasteiger partial charge >= 0.3 is 0 Å². The summed E-state index contributed by atoms with van der Waals surface area (Å²) in [6.07, 6.45) is 3.33. The Labute approximate surface area is 187 Å². The molecule has 9 heteroatoms. The van der Waals surface area contributed by atoms with Crippen molar-refractivity contribution in [2.75, 3.05) is 4.90 Å². The maximum atomic E-state index is 13.6. The van der Waals surface area contributed by atoms with Crippen molar-refractivity contribution in [3.8, 4) is 0 Å². The predicted molar refractivity (Wildman–Crippen MR) is 122 cm³/mol. The number of carbonyl (C=O) groups is 1. The monoisotopic (exact) mass is 452 g/mol. The Morgan fingerprint density at radius 1 is 1.16 bits per heavy atom. The van der Waals surface area contributed by atoms with Gasteiger partial charge in [0.05, 0.1) is 21.7 Å². The SMILES string of the molecule is Cc1c(C(=O)N(Cc2cccnc2)c2nc3c(C)c(Cl)ccc3s2)cccc1[N+](=O)[O-]. The lowest BCUT2D eigenvalue weighted by molar-refractivity contribution is -0.385. The fraction of sp³-hybridized carbons (Fsp3) is 0.136. The Bertz CT molecular complexity index is 1310. The highest BCUT2D eigenvalue weighted by molar-refractivity contribution is 7.22. The average Bonchev–Trinajstić information content (AvgIpc) is 3.20. The van der Waals surface area contributed by atoms with Crippen molar-refractivity contribution >= 4 is 49.9 Å². The molecular weight excluding hydrogens is 436 g/mol. The Hall–Kier alpha value is -3.36. The van der Waals surface area contributed by atoms with Gasteiger partial charge in [-0.2, -0.15) is 0 Å². The van der Waals surface area contributed by atoms with Crippen LogP contribution in [0.3, 0.4) is 0 Å². The van der Waals surface area contributed by atoms with Crippen molar-refractivity contribution in [3.05, 3.63) is 92.2 Å². The standard InChI is InChI=1S/C22H17ClN4O3S/c1-13-16(6-3-7-18(13)27(29)30)21(28)26(12-15-5-4-10-24-11-15)22-25-20-14(2)17(23)8-9-19(20)31-22/h3-11H,12H2,1-2H3. The number of hydrogen-bond acceptors (Lipinski definition) is 6. The van der Waals surface area contributed by atoms with Gasteiger partial charge in [0.25, 0.3) is 11.6 Å². The molecule has 0 saturated carbocycles. The van der Waals surface area contributed by atoms with Crippen molar-refractivity contribution < 1.29 is 9.72 Å². The van der Waals surface area contributed by atoms with E-state index in [1.807, 2.05) is 19.1 Å². The summed E-state index contributed by atoms with van der Waals surface area (Å²) >= 11 is 7.61. The van der Waals surface area contributed by atoms with Gasteiger partial charge in [0.1, 0.15) is 0 Å². The number of rotatable bonds is 5. The summed E-state index contributed by atoms with van der Waals surface area (Å²) in [4.78, 5) is 34.8. The minimum atomic E-state index is -0.485. The Morgan fingerprint density at radius 3 is 2.68 bits per heavy atom. The molecule has 0 radical (unpaired) electrons. The molecule has 0 bridgehead atoms. The molecule has 2 heterocycles. The highest BCUT2D eigenvalue weighted by atomic mass is 35.5. The van der Waals surface area contributed by atoms with Crippen molar-refractivity contribution in [3.63, 3.8) is 0 Å². The third-order valence-corrected chi connectivity index (χ3v) is 6.46. The molecule has 7 nitrogen and oxygen atoms in total. The summed E-state index contributed by atoms with van der Waals surface area (Å²) in [6.45, 7) is 3.68. The van der Waals surface area contributed by atoms with E-state index in [1.54, 1.807) is 37.5 Å². The van der Waals surface area contributed by atoms with Crippen molar-refractivity contribution in [2.45, 2.75) is 20.4 Å². The van der Waals surface area contributed by atoms with Gasteiger partial charge in [-0.25, -0.2) is 4.98 Å². The zero-order valence-electron chi connectivity index (χ0n) is 16.7. The molecule has 2 aromatic heterocycles. The molecular formula is C22H17ClN4O3S. The fourth-order valence-corrected chi connectivity index (χ4v) is 4.48. The maximum absolute atomic E-state index is 13.6. The number of benzene rings is 2. The van der Waals surface area contributed by atoms with Crippen LogP contribution in [-0.4, -0.2) is 20.8 Å². The minimum Gasteiger partial charge on any atom is -0.279 e. The maximum Gasteiger partial charge on any atom is 0.273 e. The molecule has 4 rings (SSSR count). The van der Waals surface area contributed by atoms with Gasteiger partial charge in [-0.05, 0) is 49.2 Å². The zero-order chi connectivity index (χ0) is 22.1. The van der Waals surface area contributed by atoms with Crippen LogP contribution in [0, 0.1) is 24.0 Å². The van der Waals surface area contributed by atoms with Crippen LogP contribution in [-0.2, 0) is 6.54 Å². The van der Waals surface area contributed by atoms with Gasteiger partial charge in [0.15, 0.2) is 5.13 Å². The topological polar surface area (TPSA) is 89.2 Å². The van der Waals surface area contributed by atoms with Crippen LogP contribution >= 0.6 is 22.9 Å². The van der Waals surface area contributed by atoms with Gasteiger partial charge in [0, 0.05) is 34.6 Å². The fourth-order valence-electron chi connectivity index (χ4n) is 3.30. The predicted octanol–water partition coefficient (Wildman–Crippen LogP) is 5.72. The quantitative estimate of drug-likeness (QED) is 0.285. The number of fused-ring (bicyclic) bond motifs is 1. The molecule has 0 unspecified atom stereocenters. The van der Waals surface area contributed by atoms with Gasteiger partial charge in [-0.3, -0.25) is 24.8 Å². The molecule has 0 aliphatic heterocycles. The first kappa shape index (κ1) is 20.9. The summed E-state index contributed by atoms with van der Waals surface area (Å²) in [5.74, 6) is -0.368. The molecule has 0 aliphatic rings. The highest BCUT2D eigenvalue weighted by Crippen LogP contribution is 2.35. The smallest absolute Gasteiger partial charge is 0.273 e. The summed E-state index contributed by atoms with van der Waals surface area (Å²) in [5.41, 5.74) is 2.85.